The van der Waals surface area contributed by atoms with Crippen LogP contribution in [0.4, 0.5) is 28.0 Å². The molecule has 4 rings (SSSR count). The number of hydrogen-bond acceptors (Lipinski definition) is 3. The molecule has 0 saturated heterocycles. The molecule has 0 spiro atoms. The molecule has 11 heteroatoms. The van der Waals surface area contributed by atoms with Crippen LogP contribution in [-0.4, -0.2) is 60.1 Å². The second-order valence-electron chi connectivity index (χ2n) is 9.47. The predicted octanol–water partition coefficient (Wildman–Crippen LogP) is 6.08. The van der Waals surface area contributed by atoms with E-state index in [1.807, 2.05) is 30.5 Å². The highest BCUT2D eigenvalue weighted by Gasteiger charge is 2.31. The van der Waals surface area contributed by atoms with Gasteiger partial charge in [0.05, 0.1) is 12.2 Å². The fraction of sp³-hybridized carbons (Fsp3) is 0.267. The summed E-state index contributed by atoms with van der Waals surface area (Å²) in [6.45, 7) is 0.278. The summed E-state index contributed by atoms with van der Waals surface area (Å²) in [5.41, 5.74) is 1.72. The zero-order chi connectivity index (χ0) is 29.4. The molecular formula is C30H30F4N4O3. The molecule has 4 aromatic rings. The van der Waals surface area contributed by atoms with Crippen LogP contribution in [-0.2, 0) is 28.7 Å². The van der Waals surface area contributed by atoms with Crippen molar-refractivity contribution in [2.75, 3.05) is 38.7 Å². The van der Waals surface area contributed by atoms with E-state index >= 15 is 0 Å². The van der Waals surface area contributed by atoms with E-state index in [4.69, 9.17) is 4.74 Å². The molecule has 7 nitrogen and oxygen atoms in total. The fourth-order valence-electron chi connectivity index (χ4n) is 4.39. The number of nitrogens with one attached hydrogen (secondary N) is 2. The Labute approximate surface area is 234 Å². The van der Waals surface area contributed by atoms with Crippen LogP contribution in [0, 0.1) is 5.82 Å². The molecule has 3 aromatic carbocycles. The average molecular weight is 571 g/mol. The molecule has 3 amide bonds. The van der Waals surface area contributed by atoms with Gasteiger partial charge in [0, 0.05) is 49.5 Å². The van der Waals surface area contributed by atoms with E-state index in [1.54, 1.807) is 17.0 Å². The number of carbonyl (C=O) groups is 2. The van der Waals surface area contributed by atoms with Crippen molar-refractivity contribution in [3.05, 3.63) is 102 Å². The molecule has 0 radical (unpaired) electrons. The monoisotopic (exact) mass is 570 g/mol. The van der Waals surface area contributed by atoms with Crippen molar-refractivity contribution in [2.45, 2.75) is 19.1 Å². The molecule has 0 saturated carbocycles. The van der Waals surface area contributed by atoms with E-state index < -0.39 is 23.6 Å². The summed E-state index contributed by atoms with van der Waals surface area (Å²) in [5, 5.41) is 3.48. The summed E-state index contributed by atoms with van der Waals surface area (Å²) < 4.78 is 58.0. The van der Waals surface area contributed by atoms with E-state index in [1.165, 1.54) is 36.3 Å². The van der Waals surface area contributed by atoms with Crippen LogP contribution < -0.4 is 5.32 Å². The third-order valence-corrected chi connectivity index (χ3v) is 6.59. The van der Waals surface area contributed by atoms with Crippen LogP contribution in [0.25, 0.3) is 10.9 Å². The van der Waals surface area contributed by atoms with Crippen LogP contribution in [0.3, 0.4) is 0 Å². The summed E-state index contributed by atoms with van der Waals surface area (Å²) >= 11 is 0. The van der Waals surface area contributed by atoms with Crippen molar-refractivity contribution in [2.24, 2.45) is 0 Å². The summed E-state index contributed by atoms with van der Waals surface area (Å²) in [5.74, 6) is -0.785. The van der Waals surface area contributed by atoms with Gasteiger partial charge in [-0.15, -0.1) is 0 Å². The summed E-state index contributed by atoms with van der Waals surface area (Å²) in [6, 6.07) is 17.1. The molecule has 2 N–H and O–H groups in total. The Kier molecular flexibility index (Phi) is 9.61. The molecule has 1 heterocycles. The largest absolute Gasteiger partial charge is 0.416 e. The molecule has 0 bridgehead atoms. The van der Waals surface area contributed by atoms with Gasteiger partial charge in [0.2, 0.25) is 5.91 Å². The number of amides is 3. The zero-order valence-corrected chi connectivity index (χ0v) is 22.4. The molecule has 0 aliphatic carbocycles. The molecule has 1 aromatic heterocycles. The van der Waals surface area contributed by atoms with E-state index in [0.29, 0.717) is 18.5 Å². The SMILES string of the molecule is COCCN(CC(=O)N(CCc1c[nH]c2ccccc12)Cc1ccc(F)cc1)C(=O)Nc1cccc(C(F)(F)F)c1. The highest BCUT2D eigenvalue weighted by molar-refractivity contribution is 5.92. The number of carbonyl (C=O) groups excluding carboxylic acids is 2. The zero-order valence-electron chi connectivity index (χ0n) is 22.4. The number of benzene rings is 3. The standard InChI is InChI=1S/C30H30F4N4O3/c1-41-16-15-38(29(40)36-25-6-4-5-23(17-25)30(32,33)34)20-28(39)37(19-21-9-11-24(31)12-10-21)14-13-22-18-35-27-8-3-2-7-26(22)27/h2-12,17-18,35H,13-16,19-20H2,1H3,(H,36,40). The highest BCUT2D eigenvalue weighted by Crippen LogP contribution is 2.30. The highest BCUT2D eigenvalue weighted by atomic mass is 19.4. The van der Waals surface area contributed by atoms with Gasteiger partial charge in [-0.3, -0.25) is 4.79 Å². The van der Waals surface area contributed by atoms with Gasteiger partial charge < -0.3 is 24.8 Å². The third-order valence-electron chi connectivity index (χ3n) is 6.59. The molecule has 0 atom stereocenters. The number of para-hydroxylation sites is 1. The first-order chi connectivity index (χ1) is 19.6. The number of rotatable bonds is 11. The van der Waals surface area contributed by atoms with Gasteiger partial charge in [0.25, 0.3) is 0 Å². The van der Waals surface area contributed by atoms with Gasteiger partial charge in [-0.2, -0.15) is 13.2 Å². The number of halogens is 4. The van der Waals surface area contributed by atoms with Crippen molar-refractivity contribution < 1.29 is 31.9 Å². The molecule has 0 unspecified atom stereocenters. The first kappa shape index (κ1) is 29.6. The number of aromatic amines is 1. The van der Waals surface area contributed by atoms with Gasteiger partial charge in [-0.1, -0.05) is 36.4 Å². The second kappa shape index (κ2) is 13.3. The number of methoxy groups -OCH3 is 1. The Bertz CT molecular complexity index is 1470. The Morgan fingerprint density at radius 3 is 2.44 bits per heavy atom. The number of anilines is 1. The maximum atomic E-state index is 13.6. The van der Waals surface area contributed by atoms with Crippen molar-refractivity contribution >= 4 is 28.5 Å². The van der Waals surface area contributed by atoms with Crippen LogP contribution in [0.5, 0.6) is 0 Å². The van der Waals surface area contributed by atoms with E-state index in [9.17, 15) is 27.2 Å². The quantitative estimate of drug-likeness (QED) is 0.215. The smallest absolute Gasteiger partial charge is 0.383 e. The number of fused-ring (bicyclic) bond motifs is 1. The number of aromatic nitrogens is 1. The van der Waals surface area contributed by atoms with Crippen molar-refractivity contribution in [3.8, 4) is 0 Å². The lowest BCUT2D eigenvalue weighted by atomic mass is 10.1. The number of hydrogen-bond donors (Lipinski definition) is 2. The Balaban J connectivity index is 1.51. The lowest BCUT2D eigenvalue weighted by Crippen LogP contribution is -2.46. The van der Waals surface area contributed by atoms with Gasteiger partial charge in [-0.05, 0) is 53.9 Å². The molecule has 0 aliphatic heterocycles. The molecular weight excluding hydrogens is 540 g/mol. The van der Waals surface area contributed by atoms with Gasteiger partial charge in [0.15, 0.2) is 0 Å². The predicted molar refractivity (Wildman–Crippen MR) is 148 cm³/mol. The molecule has 41 heavy (non-hydrogen) atoms. The van der Waals surface area contributed by atoms with Crippen LogP contribution in [0.1, 0.15) is 16.7 Å². The van der Waals surface area contributed by atoms with E-state index in [2.05, 4.69) is 10.3 Å². The molecule has 216 valence electrons. The van der Waals surface area contributed by atoms with Gasteiger partial charge in [0.1, 0.15) is 12.4 Å². The number of H-pyrrole nitrogens is 1. The summed E-state index contributed by atoms with van der Waals surface area (Å²) in [7, 11) is 1.44. The minimum Gasteiger partial charge on any atom is -0.383 e. The number of nitrogens with zero attached hydrogens (tertiary/aromatic N) is 2. The van der Waals surface area contributed by atoms with Crippen LogP contribution in [0.15, 0.2) is 79.0 Å². The molecule has 0 aliphatic rings. The first-order valence-electron chi connectivity index (χ1n) is 12.9. The van der Waals surface area contributed by atoms with Gasteiger partial charge >= 0.3 is 12.2 Å². The van der Waals surface area contributed by atoms with E-state index in [0.717, 1.165) is 28.6 Å². The first-order valence-corrected chi connectivity index (χ1v) is 12.9. The lowest BCUT2D eigenvalue weighted by molar-refractivity contribution is -0.137. The van der Waals surface area contributed by atoms with E-state index in [-0.39, 0.29) is 37.8 Å². The van der Waals surface area contributed by atoms with Crippen LogP contribution >= 0.6 is 0 Å². The average Bonchev–Trinajstić information content (AvgIpc) is 3.37. The van der Waals surface area contributed by atoms with Crippen molar-refractivity contribution in [3.63, 3.8) is 0 Å². The Morgan fingerprint density at radius 1 is 0.951 bits per heavy atom. The minimum atomic E-state index is -4.57. The molecule has 0 fully saturated rings. The topological polar surface area (TPSA) is 77.7 Å². The Morgan fingerprint density at radius 2 is 1.71 bits per heavy atom. The second-order valence-corrected chi connectivity index (χ2v) is 9.47. The van der Waals surface area contributed by atoms with Crippen LogP contribution in [0.2, 0.25) is 0 Å². The maximum absolute atomic E-state index is 13.6. The number of ether oxygens (including phenoxy) is 1. The van der Waals surface area contributed by atoms with Crippen molar-refractivity contribution in [1.82, 2.24) is 14.8 Å². The maximum Gasteiger partial charge on any atom is 0.416 e. The normalized spacial score (nSPS) is 11.4. The van der Waals surface area contributed by atoms with Gasteiger partial charge in [-0.25, -0.2) is 9.18 Å². The number of urea groups is 1. The lowest BCUT2D eigenvalue weighted by Gasteiger charge is -2.28. The Hall–Kier alpha value is -4.38. The number of alkyl halides is 3. The summed E-state index contributed by atoms with van der Waals surface area (Å²) in [6.07, 6.45) is -2.16. The minimum absolute atomic E-state index is 0.0277. The summed E-state index contributed by atoms with van der Waals surface area (Å²) in [4.78, 5) is 32.7. The van der Waals surface area contributed by atoms with Crippen molar-refractivity contribution in [1.29, 1.82) is 0 Å². The fourth-order valence-corrected chi connectivity index (χ4v) is 4.39. The third kappa shape index (κ3) is 8.07.